The van der Waals surface area contributed by atoms with Gasteiger partial charge in [-0.25, -0.2) is 4.39 Å². The van der Waals surface area contributed by atoms with E-state index in [1.54, 1.807) is 12.1 Å². The molecule has 0 bridgehead atoms. The van der Waals surface area contributed by atoms with E-state index in [2.05, 4.69) is 55.1 Å². The van der Waals surface area contributed by atoms with Crippen LogP contribution in [0.4, 0.5) is 4.39 Å². The molecule has 0 aromatic heterocycles. The lowest BCUT2D eigenvalue weighted by molar-refractivity contribution is -0.120. The molecule has 1 aromatic carbocycles. The van der Waals surface area contributed by atoms with Crippen LogP contribution in [0.1, 0.15) is 40.2 Å². The molecule has 1 aliphatic heterocycles. The van der Waals surface area contributed by atoms with Gasteiger partial charge < -0.3 is 15.5 Å². The standard InChI is InChI=1S/C20H31FN4O/c1-6-22-18(25-14-19(2,3)20(25,4)5)24-12-11-23-17(26)13-15-7-9-16(21)10-8-15/h7-10H,6,11-14H2,1-5H3,(H,22,24)(H,23,26). The molecule has 0 aliphatic carbocycles. The number of likely N-dealkylation sites (tertiary alicyclic amines) is 1. The van der Waals surface area contributed by atoms with Crippen LogP contribution in [0.5, 0.6) is 0 Å². The van der Waals surface area contributed by atoms with Gasteiger partial charge in [0.1, 0.15) is 5.82 Å². The summed E-state index contributed by atoms with van der Waals surface area (Å²) in [5.74, 6) is 0.517. The van der Waals surface area contributed by atoms with Gasteiger partial charge in [-0.2, -0.15) is 0 Å². The zero-order valence-corrected chi connectivity index (χ0v) is 16.5. The van der Waals surface area contributed by atoms with E-state index in [1.165, 1.54) is 12.1 Å². The third-order valence-corrected chi connectivity index (χ3v) is 5.45. The summed E-state index contributed by atoms with van der Waals surface area (Å²) in [6.07, 6.45) is 0.247. The smallest absolute Gasteiger partial charge is 0.224 e. The number of benzene rings is 1. The molecular formula is C20H31FN4O. The van der Waals surface area contributed by atoms with Crippen molar-refractivity contribution in [2.75, 3.05) is 26.2 Å². The highest BCUT2D eigenvalue weighted by Crippen LogP contribution is 2.46. The topological polar surface area (TPSA) is 56.7 Å². The number of nitrogens with one attached hydrogen (secondary N) is 2. The lowest BCUT2D eigenvalue weighted by Gasteiger charge is -2.62. The summed E-state index contributed by atoms with van der Waals surface area (Å²) in [7, 11) is 0. The second-order valence-electron chi connectivity index (χ2n) is 7.92. The van der Waals surface area contributed by atoms with Crippen molar-refractivity contribution >= 4 is 11.9 Å². The highest BCUT2D eigenvalue weighted by molar-refractivity contribution is 5.82. The Kier molecular flexibility index (Phi) is 6.26. The second kappa shape index (κ2) is 8.06. The van der Waals surface area contributed by atoms with Crippen molar-refractivity contribution in [3.05, 3.63) is 35.6 Å². The maximum atomic E-state index is 12.9. The summed E-state index contributed by atoms with van der Waals surface area (Å²) in [4.78, 5) is 18.9. The monoisotopic (exact) mass is 362 g/mol. The molecule has 0 atom stereocenters. The number of nitrogens with zero attached hydrogens (tertiary/aromatic N) is 2. The van der Waals surface area contributed by atoms with Crippen molar-refractivity contribution in [2.24, 2.45) is 10.4 Å². The summed E-state index contributed by atoms with van der Waals surface area (Å²) < 4.78 is 12.9. The van der Waals surface area contributed by atoms with Gasteiger partial charge in [0, 0.05) is 30.6 Å². The van der Waals surface area contributed by atoms with Crippen molar-refractivity contribution in [1.29, 1.82) is 0 Å². The molecule has 0 unspecified atom stereocenters. The molecule has 0 saturated carbocycles. The molecule has 5 nitrogen and oxygen atoms in total. The van der Waals surface area contributed by atoms with Crippen LogP contribution in [0.15, 0.2) is 29.3 Å². The van der Waals surface area contributed by atoms with Crippen molar-refractivity contribution < 1.29 is 9.18 Å². The fraction of sp³-hybridized carbons (Fsp3) is 0.600. The first-order valence-electron chi connectivity index (χ1n) is 9.24. The molecule has 1 fully saturated rings. The lowest BCUT2D eigenvalue weighted by Crippen LogP contribution is -2.72. The fourth-order valence-corrected chi connectivity index (χ4v) is 3.00. The number of halogens is 1. The first-order chi connectivity index (χ1) is 12.2. The van der Waals surface area contributed by atoms with Gasteiger partial charge in [-0.15, -0.1) is 0 Å². The van der Waals surface area contributed by atoms with Crippen molar-refractivity contribution in [3.63, 3.8) is 0 Å². The predicted octanol–water partition coefficient (Wildman–Crippen LogP) is 2.57. The minimum absolute atomic E-state index is 0.0415. The van der Waals surface area contributed by atoms with E-state index in [4.69, 9.17) is 0 Å². The third kappa shape index (κ3) is 4.54. The highest BCUT2D eigenvalue weighted by Gasteiger charge is 2.53. The number of guanidine groups is 1. The van der Waals surface area contributed by atoms with E-state index < -0.39 is 0 Å². The van der Waals surface area contributed by atoms with Gasteiger partial charge in [0.05, 0.1) is 13.0 Å². The summed E-state index contributed by atoms with van der Waals surface area (Å²) in [6.45, 7) is 13.8. The average molecular weight is 362 g/mol. The third-order valence-electron chi connectivity index (χ3n) is 5.45. The Hall–Kier alpha value is -2.11. The lowest BCUT2D eigenvalue weighted by atomic mass is 9.65. The average Bonchev–Trinajstić information content (AvgIpc) is 2.58. The number of aliphatic imine (C=N–C) groups is 1. The van der Waals surface area contributed by atoms with Gasteiger partial charge in [0.15, 0.2) is 5.96 Å². The first kappa shape index (κ1) is 20.2. The van der Waals surface area contributed by atoms with E-state index in [0.717, 1.165) is 24.6 Å². The van der Waals surface area contributed by atoms with Crippen LogP contribution in [0.2, 0.25) is 0 Å². The van der Waals surface area contributed by atoms with Crippen LogP contribution < -0.4 is 10.6 Å². The second-order valence-corrected chi connectivity index (χ2v) is 7.92. The van der Waals surface area contributed by atoms with Gasteiger partial charge in [-0.1, -0.05) is 26.0 Å². The van der Waals surface area contributed by atoms with Crippen molar-refractivity contribution in [2.45, 2.75) is 46.6 Å². The number of hydrogen-bond donors (Lipinski definition) is 2. The van der Waals surface area contributed by atoms with Crippen LogP contribution in [0.3, 0.4) is 0 Å². The molecule has 26 heavy (non-hydrogen) atoms. The minimum Gasteiger partial charge on any atom is -0.356 e. The maximum Gasteiger partial charge on any atom is 0.224 e. The zero-order valence-electron chi connectivity index (χ0n) is 16.5. The Bertz CT molecular complexity index is 652. The quantitative estimate of drug-likeness (QED) is 0.465. The Labute approximate surface area is 156 Å². The van der Waals surface area contributed by atoms with Crippen LogP contribution in [-0.4, -0.2) is 48.5 Å². The number of carbonyl (C=O) groups excluding carboxylic acids is 1. The largest absolute Gasteiger partial charge is 0.356 e. The van der Waals surface area contributed by atoms with Crippen molar-refractivity contribution in [3.8, 4) is 0 Å². The molecule has 2 N–H and O–H groups in total. The van der Waals surface area contributed by atoms with Crippen LogP contribution in [-0.2, 0) is 11.2 Å². The molecule has 1 aliphatic rings. The number of carbonyl (C=O) groups is 1. The molecule has 144 valence electrons. The molecule has 0 spiro atoms. The van der Waals surface area contributed by atoms with Gasteiger partial charge >= 0.3 is 0 Å². The molecular weight excluding hydrogens is 331 g/mol. The maximum absolute atomic E-state index is 12.9. The van der Waals surface area contributed by atoms with Gasteiger partial charge in [0.25, 0.3) is 0 Å². The van der Waals surface area contributed by atoms with E-state index in [1.807, 2.05) is 0 Å². The predicted molar refractivity (Wildman–Crippen MR) is 104 cm³/mol. The first-order valence-corrected chi connectivity index (χ1v) is 9.24. The molecule has 1 amide bonds. The molecule has 6 heteroatoms. The van der Waals surface area contributed by atoms with E-state index in [9.17, 15) is 9.18 Å². The normalized spacial score (nSPS) is 18.2. The number of amides is 1. The van der Waals surface area contributed by atoms with E-state index >= 15 is 0 Å². The summed E-state index contributed by atoms with van der Waals surface area (Å²) in [5, 5.41) is 6.21. The number of rotatable bonds is 6. The van der Waals surface area contributed by atoms with Gasteiger partial charge in [-0.3, -0.25) is 9.79 Å². The van der Waals surface area contributed by atoms with Crippen molar-refractivity contribution in [1.82, 2.24) is 15.5 Å². The Morgan fingerprint density at radius 3 is 2.38 bits per heavy atom. The van der Waals surface area contributed by atoms with Crippen LogP contribution >= 0.6 is 0 Å². The summed E-state index contributed by atoms with van der Waals surface area (Å²) in [5.41, 5.74) is 1.08. The Morgan fingerprint density at radius 2 is 1.85 bits per heavy atom. The van der Waals surface area contributed by atoms with E-state index in [0.29, 0.717) is 13.1 Å². The molecule has 0 radical (unpaired) electrons. The fourth-order valence-electron chi connectivity index (χ4n) is 3.00. The molecule has 2 rings (SSSR count). The summed E-state index contributed by atoms with van der Waals surface area (Å²) in [6, 6.07) is 5.99. The van der Waals surface area contributed by atoms with Crippen LogP contribution in [0.25, 0.3) is 0 Å². The molecule has 1 heterocycles. The Balaban J connectivity index is 1.83. The SMILES string of the molecule is CCNC(=NCCNC(=O)Cc1ccc(F)cc1)N1CC(C)(C)C1(C)C. The van der Waals surface area contributed by atoms with Gasteiger partial charge in [0.2, 0.25) is 5.91 Å². The highest BCUT2D eigenvalue weighted by atomic mass is 19.1. The molecule has 1 aromatic rings. The van der Waals surface area contributed by atoms with Crippen LogP contribution in [0, 0.1) is 11.2 Å². The van der Waals surface area contributed by atoms with Gasteiger partial charge in [-0.05, 0) is 38.5 Å². The Morgan fingerprint density at radius 1 is 1.19 bits per heavy atom. The number of hydrogen-bond acceptors (Lipinski definition) is 2. The minimum atomic E-state index is -0.295. The zero-order chi connectivity index (χ0) is 19.4. The summed E-state index contributed by atoms with van der Waals surface area (Å²) >= 11 is 0. The van der Waals surface area contributed by atoms with E-state index in [-0.39, 0.29) is 29.1 Å². The molecule has 1 saturated heterocycles.